The van der Waals surface area contributed by atoms with E-state index >= 15 is 0 Å². The van der Waals surface area contributed by atoms with Crippen LogP contribution in [-0.4, -0.2) is 9.97 Å². The molecule has 0 amide bonds. The molecule has 1 saturated carbocycles. The van der Waals surface area contributed by atoms with Crippen LogP contribution in [0.1, 0.15) is 36.7 Å². The number of hydrogen-bond acceptors (Lipinski definition) is 3. The molecule has 64 valence electrons. The first-order valence-corrected chi connectivity index (χ1v) is 4.37. The van der Waals surface area contributed by atoms with Crippen molar-refractivity contribution in [3.63, 3.8) is 0 Å². The predicted molar refractivity (Wildman–Crippen MR) is 47.8 cm³/mol. The Morgan fingerprint density at radius 2 is 2.17 bits per heavy atom. The summed E-state index contributed by atoms with van der Waals surface area (Å²) in [5.41, 5.74) is 6.76. The maximum absolute atomic E-state index is 5.62. The van der Waals surface area contributed by atoms with E-state index in [4.69, 9.17) is 5.73 Å². The lowest BCUT2D eigenvalue weighted by molar-refractivity contribution is 0.410. The van der Waals surface area contributed by atoms with Crippen molar-refractivity contribution in [3.05, 3.63) is 17.6 Å². The fourth-order valence-corrected chi connectivity index (χ4v) is 1.53. The molecule has 0 atom stereocenters. The SMILES string of the molecule is Cc1nc(N)cc(C2CCC2)n1. The maximum Gasteiger partial charge on any atom is 0.127 e. The molecule has 1 fully saturated rings. The van der Waals surface area contributed by atoms with E-state index in [-0.39, 0.29) is 0 Å². The van der Waals surface area contributed by atoms with Gasteiger partial charge in [-0.3, -0.25) is 0 Å². The highest BCUT2D eigenvalue weighted by atomic mass is 14.9. The third kappa shape index (κ3) is 1.26. The molecule has 3 heteroatoms. The Balaban J connectivity index is 2.30. The van der Waals surface area contributed by atoms with Gasteiger partial charge in [-0.15, -0.1) is 0 Å². The minimum absolute atomic E-state index is 0.601. The molecule has 12 heavy (non-hydrogen) atoms. The summed E-state index contributed by atoms with van der Waals surface area (Å²) in [6.45, 7) is 1.89. The summed E-state index contributed by atoms with van der Waals surface area (Å²) in [6, 6.07) is 1.90. The molecule has 1 aromatic rings. The fourth-order valence-electron chi connectivity index (χ4n) is 1.53. The summed E-state index contributed by atoms with van der Waals surface area (Å²) >= 11 is 0. The Labute approximate surface area is 72.0 Å². The number of aryl methyl sites for hydroxylation is 1. The van der Waals surface area contributed by atoms with E-state index in [0.717, 1.165) is 11.5 Å². The summed E-state index contributed by atoms with van der Waals surface area (Å²) in [6.07, 6.45) is 3.85. The average Bonchev–Trinajstić information content (AvgIpc) is 1.79. The van der Waals surface area contributed by atoms with Crippen LogP contribution in [0.2, 0.25) is 0 Å². The van der Waals surface area contributed by atoms with E-state index in [9.17, 15) is 0 Å². The monoisotopic (exact) mass is 163 g/mol. The van der Waals surface area contributed by atoms with Gasteiger partial charge in [-0.05, 0) is 19.8 Å². The third-order valence-electron chi connectivity index (χ3n) is 2.40. The van der Waals surface area contributed by atoms with Crippen LogP contribution in [0.25, 0.3) is 0 Å². The van der Waals surface area contributed by atoms with Crippen molar-refractivity contribution in [1.29, 1.82) is 0 Å². The predicted octanol–water partition coefficient (Wildman–Crippen LogP) is 1.63. The van der Waals surface area contributed by atoms with Crippen molar-refractivity contribution in [2.45, 2.75) is 32.1 Å². The first kappa shape index (κ1) is 7.53. The van der Waals surface area contributed by atoms with Gasteiger partial charge in [-0.1, -0.05) is 6.42 Å². The second-order valence-electron chi connectivity index (χ2n) is 3.39. The van der Waals surface area contributed by atoms with Gasteiger partial charge >= 0.3 is 0 Å². The second-order valence-corrected chi connectivity index (χ2v) is 3.39. The minimum atomic E-state index is 0.601. The van der Waals surface area contributed by atoms with Gasteiger partial charge in [0.25, 0.3) is 0 Å². The zero-order valence-corrected chi connectivity index (χ0v) is 7.25. The Morgan fingerprint density at radius 1 is 1.42 bits per heavy atom. The van der Waals surface area contributed by atoms with Crippen molar-refractivity contribution in [2.75, 3.05) is 5.73 Å². The van der Waals surface area contributed by atoms with Crippen LogP contribution in [0.5, 0.6) is 0 Å². The second kappa shape index (κ2) is 2.73. The largest absolute Gasteiger partial charge is 0.384 e. The molecule has 0 bridgehead atoms. The molecule has 2 N–H and O–H groups in total. The van der Waals surface area contributed by atoms with Gasteiger partial charge in [0.2, 0.25) is 0 Å². The molecule has 1 aliphatic rings. The van der Waals surface area contributed by atoms with Gasteiger partial charge in [0.05, 0.1) is 0 Å². The number of nitrogen functional groups attached to an aromatic ring is 1. The zero-order chi connectivity index (χ0) is 8.55. The Hall–Kier alpha value is -1.12. The van der Waals surface area contributed by atoms with E-state index in [1.807, 2.05) is 13.0 Å². The number of rotatable bonds is 1. The zero-order valence-electron chi connectivity index (χ0n) is 7.25. The minimum Gasteiger partial charge on any atom is -0.384 e. The Kier molecular flexibility index (Phi) is 1.71. The smallest absolute Gasteiger partial charge is 0.127 e. The summed E-state index contributed by atoms with van der Waals surface area (Å²) in [4.78, 5) is 8.41. The number of aromatic nitrogens is 2. The van der Waals surface area contributed by atoms with Crippen LogP contribution in [0, 0.1) is 6.92 Å². The lowest BCUT2D eigenvalue weighted by atomic mass is 9.83. The Morgan fingerprint density at radius 3 is 2.67 bits per heavy atom. The lowest BCUT2D eigenvalue weighted by Gasteiger charge is -2.24. The van der Waals surface area contributed by atoms with Crippen LogP contribution in [0.15, 0.2) is 6.07 Å². The molecule has 0 aliphatic heterocycles. The normalized spacial score (nSPS) is 17.4. The summed E-state index contributed by atoms with van der Waals surface area (Å²) < 4.78 is 0. The molecule has 1 aromatic heterocycles. The van der Waals surface area contributed by atoms with Crippen LogP contribution >= 0.6 is 0 Å². The van der Waals surface area contributed by atoms with Crippen LogP contribution < -0.4 is 5.73 Å². The van der Waals surface area contributed by atoms with E-state index in [0.29, 0.717) is 11.7 Å². The van der Waals surface area contributed by atoms with E-state index in [1.165, 1.54) is 19.3 Å². The summed E-state index contributed by atoms with van der Waals surface area (Å²) in [5.74, 6) is 2.04. The third-order valence-corrected chi connectivity index (χ3v) is 2.40. The van der Waals surface area contributed by atoms with Gasteiger partial charge in [0.15, 0.2) is 0 Å². The standard InChI is InChI=1S/C9H13N3/c1-6-11-8(5-9(10)12-6)7-3-2-4-7/h5,7H,2-4H2,1H3,(H2,10,11,12). The topological polar surface area (TPSA) is 51.8 Å². The molecule has 0 aromatic carbocycles. The molecule has 0 saturated heterocycles. The molecular formula is C9H13N3. The highest BCUT2D eigenvalue weighted by Crippen LogP contribution is 2.35. The lowest BCUT2D eigenvalue weighted by Crippen LogP contribution is -2.12. The first-order chi connectivity index (χ1) is 5.75. The summed E-state index contributed by atoms with van der Waals surface area (Å²) in [5, 5.41) is 0. The highest BCUT2D eigenvalue weighted by molar-refractivity contribution is 5.31. The highest BCUT2D eigenvalue weighted by Gasteiger charge is 2.21. The quantitative estimate of drug-likeness (QED) is 0.684. The first-order valence-electron chi connectivity index (χ1n) is 4.37. The molecule has 1 aliphatic carbocycles. The molecule has 0 spiro atoms. The van der Waals surface area contributed by atoms with Crippen molar-refractivity contribution >= 4 is 5.82 Å². The molecule has 1 heterocycles. The molecule has 0 radical (unpaired) electrons. The van der Waals surface area contributed by atoms with E-state index in [1.54, 1.807) is 0 Å². The van der Waals surface area contributed by atoms with Crippen LogP contribution in [0.3, 0.4) is 0 Å². The number of anilines is 1. The number of nitrogens with zero attached hydrogens (tertiary/aromatic N) is 2. The van der Waals surface area contributed by atoms with Crippen molar-refractivity contribution < 1.29 is 0 Å². The van der Waals surface area contributed by atoms with Crippen LogP contribution in [-0.2, 0) is 0 Å². The average molecular weight is 163 g/mol. The maximum atomic E-state index is 5.62. The van der Waals surface area contributed by atoms with Crippen LogP contribution in [0.4, 0.5) is 5.82 Å². The summed E-state index contributed by atoms with van der Waals surface area (Å²) in [7, 11) is 0. The molecule has 0 unspecified atom stereocenters. The fraction of sp³-hybridized carbons (Fsp3) is 0.556. The van der Waals surface area contributed by atoms with Crippen molar-refractivity contribution in [1.82, 2.24) is 9.97 Å². The van der Waals surface area contributed by atoms with Gasteiger partial charge in [0.1, 0.15) is 11.6 Å². The van der Waals surface area contributed by atoms with Gasteiger partial charge in [-0.25, -0.2) is 9.97 Å². The van der Waals surface area contributed by atoms with E-state index < -0.39 is 0 Å². The molecule has 3 nitrogen and oxygen atoms in total. The Bertz CT molecular complexity index is 272. The number of nitrogens with two attached hydrogens (primary N) is 1. The van der Waals surface area contributed by atoms with Gasteiger partial charge in [0, 0.05) is 17.7 Å². The molecular weight excluding hydrogens is 150 g/mol. The number of hydrogen-bond donors (Lipinski definition) is 1. The van der Waals surface area contributed by atoms with E-state index in [2.05, 4.69) is 9.97 Å². The van der Waals surface area contributed by atoms with Crippen molar-refractivity contribution in [3.8, 4) is 0 Å². The van der Waals surface area contributed by atoms with Gasteiger partial charge in [-0.2, -0.15) is 0 Å². The molecule has 2 rings (SSSR count). The van der Waals surface area contributed by atoms with Crippen molar-refractivity contribution in [2.24, 2.45) is 0 Å². The van der Waals surface area contributed by atoms with Gasteiger partial charge < -0.3 is 5.73 Å².